The van der Waals surface area contributed by atoms with E-state index in [1.165, 1.54) is 12.4 Å². The van der Waals surface area contributed by atoms with Crippen LogP contribution >= 0.6 is 0 Å². The van der Waals surface area contributed by atoms with E-state index >= 15 is 0 Å². The van der Waals surface area contributed by atoms with Crippen LogP contribution in [0.15, 0.2) is 30.7 Å². The van der Waals surface area contributed by atoms with Crippen molar-refractivity contribution in [2.24, 2.45) is 0 Å². The van der Waals surface area contributed by atoms with Crippen LogP contribution in [0, 0.1) is 0 Å². The van der Waals surface area contributed by atoms with Gasteiger partial charge in [-0.05, 0) is 32.0 Å². The van der Waals surface area contributed by atoms with E-state index in [1.807, 2.05) is 29.3 Å². The number of fused-ring (bicyclic) bond motifs is 3. The van der Waals surface area contributed by atoms with Crippen molar-refractivity contribution in [1.82, 2.24) is 24.3 Å². The van der Waals surface area contributed by atoms with Gasteiger partial charge < -0.3 is 14.4 Å². The average molecular weight is 339 g/mol. The molecule has 3 aromatic rings. The molecule has 8 nitrogen and oxygen atoms in total. The summed E-state index contributed by atoms with van der Waals surface area (Å²) in [5, 5.41) is 13.4. The van der Waals surface area contributed by atoms with Gasteiger partial charge in [0.05, 0.1) is 17.7 Å². The molecule has 1 N–H and O–H groups in total. The van der Waals surface area contributed by atoms with Gasteiger partial charge in [-0.25, -0.2) is 19.4 Å². The number of hydrogen-bond acceptors (Lipinski definition) is 5. The molecule has 4 rings (SSSR count). The molecule has 2 aromatic heterocycles. The van der Waals surface area contributed by atoms with Crippen molar-refractivity contribution in [3.8, 4) is 28.7 Å². The molecule has 3 heterocycles. The highest BCUT2D eigenvalue weighted by atomic mass is 16.5. The molecule has 0 saturated heterocycles. The van der Waals surface area contributed by atoms with E-state index in [0.717, 1.165) is 17.1 Å². The minimum absolute atomic E-state index is 0.174. The predicted octanol–water partition coefficient (Wildman–Crippen LogP) is 2.48. The second-order valence-corrected chi connectivity index (χ2v) is 6.13. The topological polar surface area (TPSA) is 95.1 Å². The normalized spacial score (nSPS) is 13.1. The summed E-state index contributed by atoms with van der Waals surface area (Å²) >= 11 is 0. The SMILES string of the molecule is CC(C)n1ncnc1-c1cn2c(n1)-c1ccc(C(=O)O)cc1OCC2. The van der Waals surface area contributed by atoms with Crippen LogP contribution in [0.1, 0.15) is 30.2 Å². The Bertz CT molecular complexity index is 957. The van der Waals surface area contributed by atoms with Gasteiger partial charge in [-0.2, -0.15) is 5.10 Å². The lowest BCUT2D eigenvalue weighted by Crippen LogP contribution is -2.06. The number of hydrogen-bond donors (Lipinski definition) is 1. The predicted molar refractivity (Wildman–Crippen MR) is 89.5 cm³/mol. The highest BCUT2D eigenvalue weighted by molar-refractivity contribution is 5.89. The van der Waals surface area contributed by atoms with Crippen molar-refractivity contribution in [1.29, 1.82) is 0 Å². The first-order chi connectivity index (χ1) is 12.0. The fourth-order valence-electron chi connectivity index (χ4n) is 2.93. The van der Waals surface area contributed by atoms with E-state index in [4.69, 9.17) is 14.8 Å². The number of ether oxygens (including phenoxy) is 1. The fourth-order valence-corrected chi connectivity index (χ4v) is 2.93. The third-order valence-electron chi connectivity index (χ3n) is 4.13. The van der Waals surface area contributed by atoms with E-state index in [1.54, 1.807) is 12.1 Å². The Morgan fingerprint density at radius 1 is 1.32 bits per heavy atom. The molecule has 0 spiro atoms. The fraction of sp³-hybridized carbons (Fsp3) is 0.294. The van der Waals surface area contributed by atoms with Crippen LogP contribution in [-0.2, 0) is 6.54 Å². The Labute approximate surface area is 143 Å². The van der Waals surface area contributed by atoms with Gasteiger partial charge in [0.2, 0.25) is 0 Å². The van der Waals surface area contributed by atoms with Gasteiger partial charge in [0.25, 0.3) is 0 Å². The molecule has 25 heavy (non-hydrogen) atoms. The molecule has 0 amide bonds. The second kappa shape index (κ2) is 5.73. The molecule has 0 atom stereocenters. The van der Waals surface area contributed by atoms with E-state index in [-0.39, 0.29) is 11.6 Å². The number of rotatable bonds is 3. The summed E-state index contributed by atoms with van der Waals surface area (Å²) in [5.41, 5.74) is 1.69. The maximum absolute atomic E-state index is 11.2. The van der Waals surface area contributed by atoms with Crippen LogP contribution in [0.2, 0.25) is 0 Å². The Morgan fingerprint density at radius 2 is 2.16 bits per heavy atom. The molecular weight excluding hydrogens is 322 g/mol. The molecule has 1 aliphatic heterocycles. The molecular formula is C17H17N5O3. The van der Waals surface area contributed by atoms with Gasteiger partial charge in [-0.3, -0.25) is 0 Å². The lowest BCUT2D eigenvalue weighted by atomic mass is 10.1. The van der Waals surface area contributed by atoms with Gasteiger partial charge in [-0.15, -0.1) is 0 Å². The van der Waals surface area contributed by atoms with Crippen molar-refractivity contribution in [2.45, 2.75) is 26.4 Å². The molecule has 1 aromatic carbocycles. The Morgan fingerprint density at radius 3 is 2.92 bits per heavy atom. The van der Waals surface area contributed by atoms with Crippen molar-refractivity contribution >= 4 is 5.97 Å². The Balaban J connectivity index is 1.83. The third-order valence-corrected chi connectivity index (χ3v) is 4.13. The van der Waals surface area contributed by atoms with E-state index in [0.29, 0.717) is 24.7 Å². The average Bonchev–Trinajstić information content (AvgIpc) is 3.18. The molecule has 0 unspecified atom stereocenters. The van der Waals surface area contributed by atoms with Crippen LogP contribution in [0.25, 0.3) is 22.9 Å². The van der Waals surface area contributed by atoms with Gasteiger partial charge in [0.15, 0.2) is 5.82 Å². The van der Waals surface area contributed by atoms with Crippen LogP contribution in [-0.4, -0.2) is 42.0 Å². The molecule has 0 fully saturated rings. The first-order valence-corrected chi connectivity index (χ1v) is 8.02. The number of aromatic carboxylic acids is 1. The number of aromatic nitrogens is 5. The van der Waals surface area contributed by atoms with Gasteiger partial charge in [-0.1, -0.05) is 0 Å². The Kier molecular flexibility index (Phi) is 3.52. The van der Waals surface area contributed by atoms with E-state index < -0.39 is 5.97 Å². The molecule has 0 aliphatic carbocycles. The number of carbonyl (C=O) groups is 1. The molecule has 128 valence electrons. The second-order valence-electron chi connectivity index (χ2n) is 6.13. The number of nitrogens with zero attached hydrogens (tertiary/aromatic N) is 5. The van der Waals surface area contributed by atoms with Gasteiger partial charge in [0, 0.05) is 12.2 Å². The molecule has 0 saturated carbocycles. The highest BCUT2D eigenvalue weighted by Gasteiger charge is 2.22. The third kappa shape index (κ3) is 2.55. The lowest BCUT2D eigenvalue weighted by Gasteiger charge is -2.08. The number of carboxylic acids is 1. The molecule has 8 heteroatoms. The van der Waals surface area contributed by atoms with E-state index in [9.17, 15) is 4.79 Å². The monoisotopic (exact) mass is 339 g/mol. The van der Waals surface area contributed by atoms with Gasteiger partial charge >= 0.3 is 5.97 Å². The van der Waals surface area contributed by atoms with Crippen molar-refractivity contribution in [3.63, 3.8) is 0 Å². The van der Waals surface area contributed by atoms with Crippen LogP contribution < -0.4 is 4.74 Å². The van der Waals surface area contributed by atoms with Crippen LogP contribution in [0.3, 0.4) is 0 Å². The first-order valence-electron chi connectivity index (χ1n) is 8.02. The first kappa shape index (κ1) is 15.4. The summed E-state index contributed by atoms with van der Waals surface area (Å²) in [6, 6.07) is 5.01. The van der Waals surface area contributed by atoms with E-state index in [2.05, 4.69) is 10.1 Å². The molecule has 0 radical (unpaired) electrons. The van der Waals surface area contributed by atoms with Crippen LogP contribution in [0.5, 0.6) is 5.75 Å². The Hall–Kier alpha value is -3.16. The standard InChI is InChI=1S/C17H17N5O3/c1-10(2)22-16(18-9-19-22)13-8-21-5-6-25-14-7-11(17(23)24)3-4-12(14)15(21)20-13/h3-4,7-10H,5-6H2,1-2H3,(H,23,24). The highest BCUT2D eigenvalue weighted by Crippen LogP contribution is 2.34. The zero-order chi connectivity index (χ0) is 17.6. The van der Waals surface area contributed by atoms with Crippen LogP contribution in [0.4, 0.5) is 0 Å². The minimum atomic E-state index is -0.982. The maximum Gasteiger partial charge on any atom is 0.335 e. The summed E-state index contributed by atoms with van der Waals surface area (Å²) < 4.78 is 9.54. The van der Waals surface area contributed by atoms with Crippen molar-refractivity contribution in [2.75, 3.05) is 6.61 Å². The zero-order valence-electron chi connectivity index (χ0n) is 13.9. The number of benzene rings is 1. The van der Waals surface area contributed by atoms with Crippen molar-refractivity contribution in [3.05, 3.63) is 36.3 Å². The maximum atomic E-state index is 11.2. The lowest BCUT2D eigenvalue weighted by molar-refractivity contribution is 0.0696. The van der Waals surface area contributed by atoms with Gasteiger partial charge in [0.1, 0.15) is 30.2 Å². The number of carboxylic acid groups (broad SMARTS) is 1. The quantitative estimate of drug-likeness (QED) is 0.788. The zero-order valence-corrected chi connectivity index (χ0v) is 13.9. The minimum Gasteiger partial charge on any atom is -0.491 e. The number of imidazole rings is 1. The summed E-state index contributed by atoms with van der Waals surface area (Å²) in [4.78, 5) is 20.2. The molecule has 1 aliphatic rings. The smallest absolute Gasteiger partial charge is 0.335 e. The largest absolute Gasteiger partial charge is 0.491 e. The molecule has 0 bridgehead atoms. The summed E-state index contributed by atoms with van der Waals surface area (Å²) in [6.07, 6.45) is 3.46. The summed E-state index contributed by atoms with van der Waals surface area (Å²) in [5.74, 6) is 0.990. The van der Waals surface area contributed by atoms with Crippen molar-refractivity contribution < 1.29 is 14.6 Å². The summed E-state index contributed by atoms with van der Waals surface area (Å²) in [6.45, 7) is 5.14. The summed E-state index contributed by atoms with van der Waals surface area (Å²) in [7, 11) is 0.